The van der Waals surface area contributed by atoms with E-state index in [4.69, 9.17) is 0 Å². The Balaban J connectivity index is 1.46. The highest BCUT2D eigenvalue weighted by molar-refractivity contribution is 5.79. The van der Waals surface area contributed by atoms with Crippen LogP contribution in [0.2, 0.25) is 0 Å². The van der Waals surface area contributed by atoms with Gasteiger partial charge < -0.3 is 15.2 Å². The van der Waals surface area contributed by atoms with Gasteiger partial charge in [-0.05, 0) is 24.1 Å². The summed E-state index contributed by atoms with van der Waals surface area (Å²) in [6.07, 6.45) is 1.92. The zero-order chi connectivity index (χ0) is 17.5. The molecule has 1 heterocycles. The van der Waals surface area contributed by atoms with Crippen LogP contribution in [-0.2, 0) is 13.0 Å². The first-order valence-electron chi connectivity index (χ1n) is 8.65. The Morgan fingerprint density at radius 3 is 2.64 bits per heavy atom. The topological polar surface area (TPSA) is 56.3 Å². The van der Waals surface area contributed by atoms with Gasteiger partial charge in [-0.15, -0.1) is 0 Å². The predicted molar refractivity (Wildman–Crippen MR) is 104 cm³/mol. The van der Waals surface area contributed by atoms with E-state index < -0.39 is 0 Å². The Morgan fingerprint density at radius 1 is 1.12 bits per heavy atom. The molecule has 0 amide bonds. The van der Waals surface area contributed by atoms with Crippen molar-refractivity contribution in [3.63, 3.8) is 0 Å². The second kappa shape index (κ2) is 8.33. The van der Waals surface area contributed by atoms with Gasteiger partial charge in [0.25, 0.3) is 0 Å². The van der Waals surface area contributed by atoms with Crippen molar-refractivity contribution in [3.05, 3.63) is 66.0 Å². The molecule has 0 unspecified atom stereocenters. The quantitative estimate of drug-likeness (QED) is 0.413. The zero-order valence-corrected chi connectivity index (χ0v) is 14.9. The molecule has 0 aliphatic rings. The van der Waals surface area contributed by atoms with Gasteiger partial charge >= 0.3 is 0 Å². The van der Waals surface area contributed by atoms with Crippen LogP contribution >= 0.6 is 0 Å². The van der Waals surface area contributed by atoms with Crippen molar-refractivity contribution < 1.29 is 0 Å². The Bertz CT molecular complexity index is 789. The molecule has 3 rings (SSSR count). The van der Waals surface area contributed by atoms with Crippen LogP contribution in [0, 0.1) is 0 Å². The fourth-order valence-electron chi connectivity index (χ4n) is 2.90. The van der Waals surface area contributed by atoms with Gasteiger partial charge in [0.1, 0.15) is 5.82 Å². The van der Waals surface area contributed by atoms with Crippen LogP contribution in [-0.4, -0.2) is 41.5 Å². The van der Waals surface area contributed by atoms with Gasteiger partial charge in [-0.1, -0.05) is 42.5 Å². The lowest BCUT2D eigenvalue weighted by atomic mass is 10.2. The number of hydrogen-bond acceptors (Lipinski definition) is 2. The highest BCUT2D eigenvalue weighted by Crippen LogP contribution is 2.11. The summed E-state index contributed by atoms with van der Waals surface area (Å²) in [6, 6.07) is 18.6. The molecule has 0 spiro atoms. The van der Waals surface area contributed by atoms with E-state index in [0.717, 1.165) is 48.7 Å². The molecule has 130 valence electrons. The van der Waals surface area contributed by atoms with Crippen LogP contribution in [0.25, 0.3) is 11.0 Å². The summed E-state index contributed by atoms with van der Waals surface area (Å²) in [5, 5.41) is 3.43. The number of imidazole rings is 1. The molecule has 5 nitrogen and oxygen atoms in total. The summed E-state index contributed by atoms with van der Waals surface area (Å²) in [5.41, 5.74) is 3.41. The molecule has 2 N–H and O–H groups in total. The van der Waals surface area contributed by atoms with Gasteiger partial charge in [-0.3, -0.25) is 4.99 Å². The van der Waals surface area contributed by atoms with E-state index in [1.54, 1.807) is 0 Å². The number of benzene rings is 2. The Kier molecular flexibility index (Phi) is 5.67. The Labute approximate surface area is 148 Å². The molecule has 5 heteroatoms. The number of fused-ring (bicyclic) bond motifs is 1. The lowest BCUT2D eigenvalue weighted by Gasteiger charge is -2.22. The molecule has 0 radical (unpaired) electrons. The fourth-order valence-corrected chi connectivity index (χ4v) is 2.90. The number of nitrogens with one attached hydrogen (secondary N) is 2. The monoisotopic (exact) mass is 335 g/mol. The second-order valence-corrected chi connectivity index (χ2v) is 6.12. The molecule has 0 fully saturated rings. The third-order valence-electron chi connectivity index (χ3n) is 4.15. The number of guanidine groups is 1. The minimum atomic E-state index is 0.837. The third kappa shape index (κ3) is 4.59. The largest absolute Gasteiger partial charge is 0.356 e. The van der Waals surface area contributed by atoms with E-state index in [0.29, 0.717) is 0 Å². The van der Waals surface area contributed by atoms with E-state index in [-0.39, 0.29) is 0 Å². The number of H-pyrrole nitrogens is 1. The summed E-state index contributed by atoms with van der Waals surface area (Å²) in [7, 11) is 3.88. The minimum Gasteiger partial charge on any atom is -0.356 e. The van der Waals surface area contributed by atoms with E-state index in [1.165, 1.54) is 5.56 Å². The van der Waals surface area contributed by atoms with Gasteiger partial charge in [0.05, 0.1) is 11.0 Å². The summed E-state index contributed by atoms with van der Waals surface area (Å²) in [4.78, 5) is 14.5. The maximum Gasteiger partial charge on any atom is 0.193 e. The van der Waals surface area contributed by atoms with Gasteiger partial charge in [0.15, 0.2) is 5.96 Å². The van der Waals surface area contributed by atoms with Crippen LogP contribution in [0.4, 0.5) is 0 Å². The van der Waals surface area contributed by atoms with Crippen LogP contribution in [0.15, 0.2) is 59.6 Å². The normalized spacial score (nSPS) is 11.7. The van der Waals surface area contributed by atoms with Gasteiger partial charge in [0, 0.05) is 33.6 Å². The summed E-state index contributed by atoms with van der Waals surface area (Å²) in [5.74, 6) is 1.95. The van der Waals surface area contributed by atoms with Crippen molar-refractivity contribution in [1.82, 2.24) is 20.2 Å². The lowest BCUT2D eigenvalue weighted by Crippen LogP contribution is -2.39. The number of aromatic nitrogens is 2. The summed E-state index contributed by atoms with van der Waals surface area (Å²) >= 11 is 0. The molecule has 25 heavy (non-hydrogen) atoms. The van der Waals surface area contributed by atoms with E-state index >= 15 is 0 Å². The molecule has 2 aromatic carbocycles. The molecule has 0 bridgehead atoms. The van der Waals surface area contributed by atoms with Crippen molar-refractivity contribution in [3.8, 4) is 0 Å². The first kappa shape index (κ1) is 17.0. The molecule has 1 aromatic heterocycles. The van der Waals surface area contributed by atoms with Crippen molar-refractivity contribution in [2.24, 2.45) is 4.99 Å². The fraction of sp³-hybridized carbons (Fsp3) is 0.300. The first-order valence-corrected chi connectivity index (χ1v) is 8.65. The summed E-state index contributed by atoms with van der Waals surface area (Å²) < 4.78 is 0. The number of aromatic amines is 1. The molecule has 0 aliphatic heterocycles. The maximum atomic E-state index is 4.62. The Morgan fingerprint density at radius 2 is 1.88 bits per heavy atom. The molecule has 0 saturated carbocycles. The zero-order valence-electron chi connectivity index (χ0n) is 14.9. The standard InChI is InChI=1S/C20H25N5/c1-21-20(25(2)15-16-9-4-3-5-10-16)22-14-8-13-19-23-17-11-6-7-12-18(17)24-19/h3-7,9-12H,8,13-15H2,1-2H3,(H,21,22)(H,23,24). The average Bonchev–Trinajstić information content (AvgIpc) is 3.05. The number of aliphatic imine (C=N–C) groups is 1. The number of para-hydroxylation sites is 2. The number of nitrogens with zero attached hydrogens (tertiary/aromatic N) is 3. The van der Waals surface area contributed by atoms with E-state index in [9.17, 15) is 0 Å². The first-order chi connectivity index (χ1) is 12.3. The number of hydrogen-bond donors (Lipinski definition) is 2. The van der Waals surface area contributed by atoms with E-state index in [2.05, 4.69) is 62.6 Å². The summed E-state index contributed by atoms with van der Waals surface area (Å²) in [6.45, 7) is 1.70. The minimum absolute atomic E-state index is 0.837. The van der Waals surface area contributed by atoms with Crippen LogP contribution < -0.4 is 5.32 Å². The molecule has 3 aromatic rings. The van der Waals surface area contributed by atoms with Gasteiger partial charge in [-0.2, -0.15) is 0 Å². The number of aryl methyl sites for hydroxylation is 1. The molecular weight excluding hydrogens is 310 g/mol. The van der Waals surface area contributed by atoms with Gasteiger partial charge in [-0.25, -0.2) is 4.98 Å². The van der Waals surface area contributed by atoms with Crippen LogP contribution in [0.3, 0.4) is 0 Å². The average molecular weight is 335 g/mol. The van der Waals surface area contributed by atoms with Crippen LogP contribution in [0.5, 0.6) is 0 Å². The number of rotatable bonds is 6. The third-order valence-corrected chi connectivity index (χ3v) is 4.15. The molecule has 0 atom stereocenters. The second-order valence-electron chi connectivity index (χ2n) is 6.12. The highest BCUT2D eigenvalue weighted by atomic mass is 15.3. The van der Waals surface area contributed by atoms with E-state index in [1.807, 2.05) is 31.3 Å². The highest BCUT2D eigenvalue weighted by Gasteiger charge is 2.06. The van der Waals surface area contributed by atoms with Crippen LogP contribution in [0.1, 0.15) is 17.8 Å². The van der Waals surface area contributed by atoms with Crippen molar-refractivity contribution in [1.29, 1.82) is 0 Å². The molecule has 0 saturated heterocycles. The van der Waals surface area contributed by atoms with Crippen molar-refractivity contribution in [2.45, 2.75) is 19.4 Å². The predicted octanol–water partition coefficient (Wildman–Crippen LogP) is 3.20. The van der Waals surface area contributed by atoms with Crippen molar-refractivity contribution >= 4 is 17.0 Å². The van der Waals surface area contributed by atoms with Crippen molar-refractivity contribution in [2.75, 3.05) is 20.6 Å². The molecule has 0 aliphatic carbocycles. The SMILES string of the molecule is CN=C(NCCCc1nc2ccccc2[nH]1)N(C)Cc1ccccc1. The lowest BCUT2D eigenvalue weighted by molar-refractivity contribution is 0.475. The smallest absolute Gasteiger partial charge is 0.193 e. The Hall–Kier alpha value is -2.82. The maximum absolute atomic E-state index is 4.62. The molecular formula is C20H25N5. The van der Waals surface area contributed by atoms with Gasteiger partial charge in [0.2, 0.25) is 0 Å².